The molecule has 2 aromatic rings. The summed E-state index contributed by atoms with van der Waals surface area (Å²) in [6.45, 7) is 8.36. The van der Waals surface area contributed by atoms with Gasteiger partial charge in [-0.2, -0.15) is 5.26 Å². The third-order valence-corrected chi connectivity index (χ3v) is 5.81. The van der Waals surface area contributed by atoms with E-state index in [1.54, 1.807) is 29.2 Å². The lowest BCUT2D eigenvalue weighted by Crippen LogP contribution is -2.29. The predicted octanol–water partition coefficient (Wildman–Crippen LogP) is 4.95. The Kier molecular flexibility index (Phi) is 7.19. The summed E-state index contributed by atoms with van der Waals surface area (Å²) in [7, 11) is 0. The minimum Gasteiger partial charge on any atom is -0.349 e. The molecule has 2 heterocycles. The zero-order valence-corrected chi connectivity index (χ0v) is 18.9. The maximum absolute atomic E-state index is 12.9. The Morgan fingerprint density at radius 1 is 1.23 bits per heavy atom. The van der Waals surface area contributed by atoms with Crippen LogP contribution in [-0.4, -0.2) is 34.4 Å². The molecule has 0 bridgehead atoms. The van der Waals surface area contributed by atoms with Crippen molar-refractivity contribution in [3.8, 4) is 6.07 Å². The summed E-state index contributed by atoms with van der Waals surface area (Å²) < 4.78 is 2.17. The molecule has 1 saturated heterocycles. The van der Waals surface area contributed by atoms with Crippen molar-refractivity contribution >= 4 is 35.2 Å². The van der Waals surface area contributed by atoms with Crippen LogP contribution in [0.1, 0.15) is 53.5 Å². The summed E-state index contributed by atoms with van der Waals surface area (Å²) in [4.78, 5) is 27.6. The van der Waals surface area contributed by atoms with Crippen molar-refractivity contribution in [2.45, 2.75) is 46.6 Å². The van der Waals surface area contributed by atoms with Gasteiger partial charge in [-0.05, 0) is 69.0 Å². The number of hydrogen-bond acceptors (Lipinski definition) is 3. The Hall–Kier alpha value is -3.04. The molecule has 1 aliphatic heterocycles. The van der Waals surface area contributed by atoms with Crippen LogP contribution in [0.3, 0.4) is 0 Å². The fraction of sp³-hybridized carbons (Fsp3) is 0.375. The minimum absolute atomic E-state index is 0.0220. The van der Waals surface area contributed by atoms with Crippen molar-refractivity contribution in [1.82, 2.24) is 9.47 Å². The normalized spacial score (nSPS) is 13.9. The van der Waals surface area contributed by atoms with Gasteiger partial charge in [0.05, 0.1) is 11.3 Å². The second-order valence-electron chi connectivity index (χ2n) is 7.79. The minimum atomic E-state index is -0.555. The number of nitriles is 1. The molecule has 31 heavy (non-hydrogen) atoms. The highest BCUT2D eigenvalue weighted by atomic mass is 35.5. The quantitative estimate of drug-likeness (QED) is 0.512. The fourth-order valence-electron chi connectivity index (χ4n) is 3.93. The van der Waals surface area contributed by atoms with Gasteiger partial charge < -0.3 is 14.8 Å². The summed E-state index contributed by atoms with van der Waals surface area (Å²) in [5.74, 6) is -0.721. The molecule has 7 heteroatoms. The van der Waals surface area contributed by atoms with E-state index >= 15 is 0 Å². The molecule has 1 aliphatic rings. The lowest BCUT2D eigenvalue weighted by atomic mass is 10.1. The zero-order valence-electron chi connectivity index (χ0n) is 18.2. The van der Waals surface area contributed by atoms with Crippen molar-refractivity contribution in [2.24, 2.45) is 0 Å². The van der Waals surface area contributed by atoms with E-state index in [-0.39, 0.29) is 11.5 Å². The second-order valence-corrected chi connectivity index (χ2v) is 8.23. The van der Waals surface area contributed by atoms with Crippen molar-refractivity contribution in [1.29, 1.82) is 5.26 Å². The monoisotopic (exact) mass is 438 g/mol. The van der Waals surface area contributed by atoms with Crippen LogP contribution in [0.25, 0.3) is 6.08 Å². The average molecular weight is 439 g/mol. The zero-order chi connectivity index (χ0) is 22.5. The highest BCUT2D eigenvalue weighted by Crippen LogP contribution is 2.25. The van der Waals surface area contributed by atoms with Crippen LogP contribution in [0.5, 0.6) is 0 Å². The summed E-state index contributed by atoms with van der Waals surface area (Å²) in [5, 5.41) is 12.8. The highest BCUT2D eigenvalue weighted by molar-refractivity contribution is 6.31. The Labute approximate surface area is 188 Å². The largest absolute Gasteiger partial charge is 0.349 e. The van der Waals surface area contributed by atoms with Gasteiger partial charge in [0.15, 0.2) is 0 Å². The van der Waals surface area contributed by atoms with Crippen LogP contribution >= 0.6 is 11.6 Å². The van der Waals surface area contributed by atoms with Gasteiger partial charge in [0.1, 0.15) is 11.6 Å². The Bertz CT molecular complexity index is 1070. The van der Waals surface area contributed by atoms with Crippen LogP contribution in [-0.2, 0) is 11.3 Å². The van der Waals surface area contributed by atoms with Crippen LogP contribution in [0, 0.1) is 25.2 Å². The number of aromatic nitrogens is 1. The summed E-state index contributed by atoms with van der Waals surface area (Å²) in [5.41, 5.74) is 3.59. The number of nitrogens with zero attached hydrogens (tertiary/aromatic N) is 3. The maximum atomic E-state index is 12.9. The van der Waals surface area contributed by atoms with Crippen molar-refractivity contribution in [2.75, 3.05) is 18.4 Å². The van der Waals surface area contributed by atoms with Crippen LogP contribution in [0.4, 0.5) is 5.69 Å². The molecule has 6 nitrogen and oxygen atoms in total. The van der Waals surface area contributed by atoms with Crippen molar-refractivity contribution in [3.63, 3.8) is 0 Å². The topological polar surface area (TPSA) is 78.1 Å². The van der Waals surface area contributed by atoms with E-state index < -0.39 is 5.91 Å². The molecule has 1 aromatic heterocycles. The number of rotatable bonds is 6. The molecule has 162 valence electrons. The van der Waals surface area contributed by atoms with E-state index in [0.717, 1.165) is 42.8 Å². The van der Waals surface area contributed by atoms with Crippen molar-refractivity contribution in [3.05, 3.63) is 57.4 Å². The van der Waals surface area contributed by atoms with E-state index in [2.05, 4.69) is 16.8 Å². The number of carbonyl (C=O) groups is 2. The van der Waals surface area contributed by atoms with E-state index in [1.807, 2.05) is 26.0 Å². The van der Waals surface area contributed by atoms with Crippen molar-refractivity contribution < 1.29 is 9.59 Å². The predicted molar refractivity (Wildman–Crippen MR) is 123 cm³/mol. The van der Waals surface area contributed by atoms with Gasteiger partial charge in [0.2, 0.25) is 0 Å². The molecular weight excluding hydrogens is 412 g/mol. The molecule has 0 aliphatic carbocycles. The van der Waals surface area contributed by atoms with Gasteiger partial charge in [0, 0.05) is 36.0 Å². The second kappa shape index (κ2) is 9.84. The summed E-state index contributed by atoms with van der Waals surface area (Å²) in [6, 6.07) is 8.75. The number of aryl methyl sites for hydroxylation is 1. The van der Waals surface area contributed by atoms with Crippen LogP contribution in [0.2, 0.25) is 5.02 Å². The third-order valence-electron chi connectivity index (χ3n) is 5.58. The van der Waals surface area contributed by atoms with E-state index in [4.69, 9.17) is 11.6 Å². The number of likely N-dealkylation sites (tertiary alicyclic amines) is 1. The number of anilines is 1. The highest BCUT2D eigenvalue weighted by Gasteiger charge is 2.23. The standard InChI is InChI=1S/C24H27ClN4O2/c1-4-9-29-16(2)12-18(17(29)3)13-19(15-26)23(30)27-22-8-7-20(25)14-21(22)24(31)28-10-5-6-11-28/h7-8,12-14H,4-6,9-11H2,1-3H3,(H,27,30)/b19-13-. The molecule has 3 rings (SSSR count). The molecule has 0 radical (unpaired) electrons. The molecular formula is C24H27ClN4O2. The average Bonchev–Trinajstić information content (AvgIpc) is 3.37. The fourth-order valence-corrected chi connectivity index (χ4v) is 4.10. The Morgan fingerprint density at radius 2 is 1.94 bits per heavy atom. The molecule has 2 amide bonds. The molecule has 1 fully saturated rings. The summed E-state index contributed by atoms with van der Waals surface area (Å²) >= 11 is 6.11. The van der Waals surface area contributed by atoms with Gasteiger partial charge in [-0.3, -0.25) is 9.59 Å². The first-order valence-corrected chi connectivity index (χ1v) is 10.9. The molecule has 1 aromatic carbocycles. The smallest absolute Gasteiger partial charge is 0.266 e. The maximum Gasteiger partial charge on any atom is 0.266 e. The van der Waals surface area contributed by atoms with Gasteiger partial charge in [-0.1, -0.05) is 18.5 Å². The van der Waals surface area contributed by atoms with E-state index in [1.165, 1.54) is 0 Å². The van der Waals surface area contributed by atoms with Crippen LogP contribution < -0.4 is 5.32 Å². The number of amides is 2. The first-order valence-electron chi connectivity index (χ1n) is 10.5. The number of benzene rings is 1. The first kappa shape index (κ1) is 22.6. The van der Waals surface area contributed by atoms with Gasteiger partial charge in [0.25, 0.3) is 11.8 Å². The Morgan fingerprint density at radius 3 is 2.58 bits per heavy atom. The number of nitrogens with one attached hydrogen (secondary N) is 1. The molecule has 0 atom stereocenters. The molecule has 0 unspecified atom stereocenters. The third kappa shape index (κ3) is 5.00. The molecule has 0 spiro atoms. The number of hydrogen-bond donors (Lipinski definition) is 1. The molecule has 1 N–H and O–H groups in total. The lowest BCUT2D eigenvalue weighted by molar-refractivity contribution is -0.112. The number of halogens is 1. The van der Waals surface area contributed by atoms with Gasteiger partial charge in [-0.15, -0.1) is 0 Å². The molecule has 0 saturated carbocycles. The first-order chi connectivity index (χ1) is 14.8. The van der Waals surface area contributed by atoms with E-state index in [9.17, 15) is 14.9 Å². The lowest BCUT2D eigenvalue weighted by Gasteiger charge is -2.18. The number of carbonyl (C=O) groups excluding carboxylic acids is 2. The van der Waals surface area contributed by atoms with Gasteiger partial charge >= 0.3 is 0 Å². The SMILES string of the molecule is CCCn1c(C)cc(/C=C(/C#N)C(=O)Nc2ccc(Cl)cc2C(=O)N2CCCC2)c1C. The summed E-state index contributed by atoms with van der Waals surface area (Å²) in [6.07, 6.45) is 4.52. The Balaban J connectivity index is 1.88. The van der Waals surface area contributed by atoms with E-state index in [0.29, 0.717) is 29.4 Å². The van der Waals surface area contributed by atoms with Gasteiger partial charge in [-0.25, -0.2) is 0 Å². The van der Waals surface area contributed by atoms with Crippen LogP contribution in [0.15, 0.2) is 29.8 Å².